The van der Waals surface area contributed by atoms with E-state index in [0.29, 0.717) is 6.42 Å². The Labute approximate surface area is 105 Å². The topological polar surface area (TPSA) is 26.3 Å². The molecule has 0 bridgehead atoms. The zero-order chi connectivity index (χ0) is 12.0. The van der Waals surface area contributed by atoms with Crippen LogP contribution in [0, 0.1) is 0 Å². The Hall–Kier alpha value is -0.830. The molecule has 0 amide bonds. The van der Waals surface area contributed by atoms with Crippen LogP contribution in [0.2, 0.25) is 0 Å². The molecule has 0 heterocycles. The van der Waals surface area contributed by atoms with Crippen molar-refractivity contribution >= 4 is 21.7 Å². The average molecular weight is 285 g/mol. The predicted octanol–water partition coefficient (Wildman–Crippen LogP) is 4.22. The number of halogens is 1. The largest absolute Gasteiger partial charge is 0.497 e. The van der Waals surface area contributed by atoms with E-state index in [1.807, 2.05) is 18.2 Å². The Morgan fingerprint density at radius 2 is 2.12 bits per heavy atom. The third-order valence-corrected chi connectivity index (χ3v) is 3.14. The average Bonchev–Trinajstić information content (AvgIpc) is 2.29. The number of Topliss-reactive ketones (excluding diaryl/α,β-unsaturated/α-hetero) is 1. The molecule has 16 heavy (non-hydrogen) atoms. The molecule has 0 N–H and O–H groups in total. The molecule has 0 spiro atoms. The van der Waals surface area contributed by atoms with Crippen LogP contribution < -0.4 is 4.74 Å². The highest BCUT2D eigenvalue weighted by Crippen LogP contribution is 2.24. The van der Waals surface area contributed by atoms with E-state index in [-0.39, 0.29) is 5.78 Å². The smallest absolute Gasteiger partial charge is 0.164 e. The highest BCUT2D eigenvalue weighted by molar-refractivity contribution is 9.10. The standard InChI is InChI=1S/C13H17BrO2/c1-3-4-5-6-13(15)11-8-7-10(16-2)9-12(11)14/h7-9H,3-6H2,1-2H3. The van der Waals surface area contributed by atoms with E-state index in [9.17, 15) is 4.79 Å². The van der Waals surface area contributed by atoms with Crippen molar-refractivity contribution in [3.8, 4) is 5.75 Å². The molecular formula is C13H17BrO2. The minimum Gasteiger partial charge on any atom is -0.497 e. The quantitative estimate of drug-likeness (QED) is 0.577. The lowest BCUT2D eigenvalue weighted by Gasteiger charge is -2.05. The van der Waals surface area contributed by atoms with Gasteiger partial charge >= 0.3 is 0 Å². The predicted molar refractivity (Wildman–Crippen MR) is 69.2 cm³/mol. The fraction of sp³-hybridized carbons (Fsp3) is 0.462. The van der Waals surface area contributed by atoms with Gasteiger partial charge in [0.1, 0.15) is 5.75 Å². The summed E-state index contributed by atoms with van der Waals surface area (Å²) in [6, 6.07) is 5.46. The van der Waals surface area contributed by atoms with E-state index < -0.39 is 0 Å². The molecule has 0 fully saturated rings. The van der Waals surface area contributed by atoms with Crippen LogP contribution in [0.3, 0.4) is 0 Å². The maximum Gasteiger partial charge on any atom is 0.164 e. The van der Waals surface area contributed by atoms with Gasteiger partial charge in [-0.2, -0.15) is 0 Å². The first kappa shape index (κ1) is 13.2. The number of ketones is 1. The summed E-state index contributed by atoms with van der Waals surface area (Å²) < 4.78 is 5.90. The van der Waals surface area contributed by atoms with Gasteiger partial charge in [-0.3, -0.25) is 4.79 Å². The minimum atomic E-state index is 0.197. The normalized spacial score (nSPS) is 10.2. The number of hydrogen-bond acceptors (Lipinski definition) is 2. The molecule has 0 saturated heterocycles. The molecule has 0 aliphatic heterocycles. The molecule has 0 aromatic heterocycles. The SMILES string of the molecule is CCCCCC(=O)c1ccc(OC)cc1Br. The second-order valence-corrected chi connectivity index (χ2v) is 4.58. The van der Waals surface area contributed by atoms with Gasteiger partial charge in [-0.15, -0.1) is 0 Å². The van der Waals surface area contributed by atoms with Crippen molar-refractivity contribution in [1.82, 2.24) is 0 Å². The minimum absolute atomic E-state index is 0.197. The Bertz CT molecular complexity index is 361. The maximum absolute atomic E-state index is 11.9. The third-order valence-electron chi connectivity index (χ3n) is 2.48. The first-order chi connectivity index (χ1) is 7.69. The number of rotatable bonds is 6. The van der Waals surface area contributed by atoms with Crippen molar-refractivity contribution < 1.29 is 9.53 Å². The molecule has 1 rings (SSSR count). The van der Waals surface area contributed by atoms with E-state index >= 15 is 0 Å². The summed E-state index contributed by atoms with van der Waals surface area (Å²) in [5.41, 5.74) is 0.747. The van der Waals surface area contributed by atoms with E-state index in [1.54, 1.807) is 7.11 Å². The Morgan fingerprint density at radius 3 is 2.69 bits per heavy atom. The lowest BCUT2D eigenvalue weighted by molar-refractivity contribution is 0.0978. The second-order valence-electron chi connectivity index (χ2n) is 3.73. The molecule has 0 atom stereocenters. The molecule has 0 unspecified atom stereocenters. The van der Waals surface area contributed by atoms with Crippen LogP contribution in [-0.2, 0) is 0 Å². The lowest BCUT2D eigenvalue weighted by atomic mass is 10.0. The van der Waals surface area contributed by atoms with Crippen molar-refractivity contribution in [2.24, 2.45) is 0 Å². The van der Waals surface area contributed by atoms with Gasteiger partial charge < -0.3 is 4.74 Å². The summed E-state index contributed by atoms with van der Waals surface area (Å²) in [6.45, 7) is 2.13. The van der Waals surface area contributed by atoms with E-state index in [4.69, 9.17) is 4.74 Å². The Morgan fingerprint density at radius 1 is 1.38 bits per heavy atom. The summed E-state index contributed by atoms with van der Waals surface area (Å²) in [5.74, 6) is 0.958. The first-order valence-electron chi connectivity index (χ1n) is 5.55. The third kappa shape index (κ3) is 3.63. The molecule has 0 aliphatic carbocycles. The van der Waals surface area contributed by atoms with Crippen molar-refractivity contribution in [3.05, 3.63) is 28.2 Å². The number of carbonyl (C=O) groups is 1. The monoisotopic (exact) mass is 284 g/mol. The van der Waals surface area contributed by atoms with Crippen molar-refractivity contribution in [2.45, 2.75) is 32.6 Å². The van der Waals surface area contributed by atoms with Gasteiger partial charge in [0.15, 0.2) is 5.78 Å². The highest BCUT2D eigenvalue weighted by atomic mass is 79.9. The van der Waals surface area contributed by atoms with Crippen LogP contribution in [0.25, 0.3) is 0 Å². The summed E-state index contributed by atoms with van der Waals surface area (Å²) in [5, 5.41) is 0. The van der Waals surface area contributed by atoms with Gasteiger partial charge in [-0.25, -0.2) is 0 Å². The zero-order valence-electron chi connectivity index (χ0n) is 9.75. The first-order valence-corrected chi connectivity index (χ1v) is 6.35. The van der Waals surface area contributed by atoms with Crippen molar-refractivity contribution in [2.75, 3.05) is 7.11 Å². The van der Waals surface area contributed by atoms with Crippen LogP contribution in [0.1, 0.15) is 43.0 Å². The summed E-state index contributed by atoms with van der Waals surface area (Å²) in [7, 11) is 1.62. The number of hydrogen-bond donors (Lipinski definition) is 0. The van der Waals surface area contributed by atoms with E-state index in [0.717, 1.165) is 35.0 Å². The molecule has 0 saturated carbocycles. The van der Waals surface area contributed by atoms with Crippen LogP contribution in [0.15, 0.2) is 22.7 Å². The summed E-state index contributed by atoms with van der Waals surface area (Å²) in [4.78, 5) is 11.9. The molecule has 88 valence electrons. The molecule has 0 radical (unpaired) electrons. The maximum atomic E-state index is 11.9. The van der Waals surface area contributed by atoms with Crippen LogP contribution >= 0.6 is 15.9 Å². The van der Waals surface area contributed by atoms with Gasteiger partial charge in [-0.05, 0) is 40.5 Å². The fourth-order valence-corrected chi connectivity index (χ4v) is 2.10. The van der Waals surface area contributed by atoms with E-state index in [2.05, 4.69) is 22.9 Å². The number of methoxy groups -OCH3 is 1. The van der Waals surface area contributed by atoms with Crippen LogP contribution in [0.5, 0.6) is 5.75 Å². The second kappa shape index (κ2) is 6.69. The van der Waals surface area contributed by atoms with Gasteiger partial charge in [0, 0.05) is 16.5 Å². The Kier molecular flexibility index (Phi) is 5.53. The van der Waals surface area contributed by atoms with Crippen LogP contribution in [0.4, 0.5) is 0 Å². The lowest BCUT2D eigenvalue weighted by Crippen LogP contribution is -2.00. The molecule has 2 nitrogen and oxygen atoms in total. The Balaban J connectivity index is 2.68. The van der Waals surface area contributed by atoms with Crippen molar-refractivity contribution in [3.63, 3.8) is 0 Å². The van der Waals surface area contributed by atoms with Gasteiger partial charge in [0.05, 0.1) is 7.11 Å². The zero-order valence-corrected chi connectivity index (χ0v) is 11.3. The number of benzene rings is 1. The molecule has 1 aromatic rings. The van der Waals surface area contributed by atoms with Gasteiger partial charge in [-0.1, -0.05) is 19.8 Å². The molecule has 0 aliphatic rings. The van der Waals surface area contributed by atoms with E-state index in [1.165, 1.54) is 0 Å². The van der Waals surface area contributed by atoms with Crippen LogP contribution in [-0.4, -0.2) is 12.9 Å². The molecular weight excluding hydrogens is 268 g/mol. The molecule has 1 aromatic carbocycles. The van der Waals surface area contributed by atoms with Gasteiger partial charge in [0.2, 0.25) is 0 Å². The summed E-state index contributed by atoms with van der Waals surface area (Å²) in [6.07, 6.45) is 3.84. The number of unbranched alkanes of at least 4 members (excludes halogenated alkanes) is 2. The molecule has 3 heteroatoms. The van der Waals surface area contributed by atoms with Gasteiger partial charge in [0.25, 0.3) is 0 Å². The number of carbonyl (C=O) groups excluding carboxylic acids is 1. The highest BCUT2D eigenvalue weighted by Gasteiger charge is 2.10. The van der Waals surface area contributed by atoms with Crippen molar-refractivity contribution in [1.29, 1.82) is 0 Å². The number of ether oxygens (including phenoxy) is 1. The fourth-order valence-electron chi connectivity index (χ4n) is 1.52. The summed E-state index contributed by atoms with van der Waals surface area (Å²) >= 11 is 3.40.